The first-order valence-electron chi connectivity index (χ1n) is 12.0. The summed E-state index contributed by atoms with van der Waals surface area (Å²) < 4.78 is 28.4. The van der Waals surface area contributed by atoms with Crippen LogP contribution in [0.3, 0.4) is 0 Å². The van der Waals surface area contributed by atoms with Crippen molar-refractivity contribution in [2.24, 2.45) is 0 Å². The molecule has 0 saturated carbocycles. The van der Waals surface area contributed by atoms with Crippen molar-refractivity contribution in [3.05, 3.63) is 60.0 Å². The van der Waals surface area contributed by atoms with Gasteiger partial charge in [-0.2, -0.15) is 0 Å². The summed E-state index contributed by atoms with van der Waals surface area (Å²) in [5.41, 5.74) is 1.98. The Labute approximate surface area is 203 Å². The first-order chi connectivity index (χ1) is 17.1. The zero-order valence-corrected chi connectivity index (χ0v) is 19.6. The number of aryl methyl sites for hydroxylation is 1. The molecule has 35 heavy (non-hydrogen) atoms. The summed E-state index contributed by atoms with van der Waals surface area (Å²) in [5, 5.41) is 11.5. The van der Waals surface area contributed by atoms with Crippen LogP contribution in [0.4, 0.5) is 0 Å². The SMILES string of the molecule is Cc1cnc(-c2cc3c(OC[C@@H](O)CN4CCC(c5ccc6c(c5)OCO6)CC4)cccc3o2)o1. The molecule has 0 amide bonds. The van der Waals surface area contributed by atoms with E-state index in [1.807, 2.05) is 37.3 Å². The summed E-state index contributed by atoms with van der Waals surface area (Å²) in [5.74, 6) is 4.54. The van der Waals surface area contributed by atoms with Gasteiger partial charge in [0.1, 0.15) is 29.8 Å². The van der Waals surface area contributed by atoms with Crippen LogP contribution in [-0.4, -0.2) is 54.1 Å². The number of nitrogens with zero attached hydrogens (tertiary/aromatic N) is 2. The fourth-order valence-corrected chi connectivity index (χ4v) is 4.89. The number of ether oxygens (including phenoxy) is 3. The predicted molar refractivity (Wildman–Crippen MR) is 129 cm³/mol. The van der Waals surface area contributed by atoms with Gasteiger partial charge in [-0.05, 0) is 68.6 Å². The van der Waals surface area contributed by atoms with Gasteiger partial charge in [0.25, 0.3) is 5.89 Å². The lowest BCUT2D eigenvalue weighted by molar-refractivity contribution is 0.0599. The van der Waals surface area contributed by atoms with Crippen LogP contribution < -0.4 is 14.2 Å². The number of hydrogen-bond donors (Lipinski definition) is 1. The summed E-state index contributed by atoms with van der Waals surface area (Å²) in [6.07, 6.45) is 3.16. The van der Waals surface area contributed by atoms with E-state index in [1.54, 1.807) is 6.20 Å². The van der Waals surface area contributed by atoms with Crippen LogP contribution in [0.5, 0.6) is 17.2 Å². The number of fused-ring (bicyclic) bond motifs is 2. The summed E-state index contributed by atoms with van der Waals surface area (Å²) in [4.78, 5) is 6.54. The van der Waals surface area contributed by atoms with Crippen molar-refractivity contribution in [3.8, 4) is 28.9 Å². The number of piperidine rings is 1. The van der Waals surface area contributed by atoms with E-state index in [1.165, 1.54) is 5.56 Å². The van der Waals surface area contributed by atoms with Gasteiger partial charge < -0.3 is 33.1 Å². The van der Waals surface area contributed by atoms with Crippen LogP contribution in [0.25, 0.3) is 22.6 Å². The fourth-order valence-electron chi connectivity index (χ4n) is 4.89. The second-order valence-corrected chi connectivity index (χ2v) is 9.21. The maximum absolute atomic E-state index is 10.7. The van der Waals surface area contributed by atoms with E-state index >= 15 is 0 Å². The molecule has 4 aromatic rings. The summed E-state index contributed by atoms with van der Waals surface area (Å²) in [7, 11) is 0. The molecule has 8 heteroatoms. The minimum absolute atomic E-state index is 0.208. The molecule has 1 N–H and O–H groups in total. The highest BCUT2D eigenvalue weighted by atomic mass is 16.7. The third-order valence-corrected chi connectivity index (χ3v) is 6.71. The van der Waals surface area contributed by atoms with Crippen LogP contribution in [0, 0.1) is 6.92 Å². The lowest BCUT2D eigenvalue weighted by Crippen LogP contribution is -2.40. The highest BCUT2D eigenvalue weighted by molar-refractivity contribution is 5.87. The molecule has 8 nitrogen and oxygen atoms in total. The van der Waals surface area contributed by atoms with Gasteiger partial charge >= 0.3 is 0 Å². The van der Waals surface area contributed by atoms with E-state index in [0.29, 0.717) is 42.2 Å². The number of oxazole rings is 1. The van der Waals surface area contributed by atoms with Crippen molar-refractivity contribution in [1.29, 1.82) is 0 Å². The van der Waals surface area contributed by atoms with Crippen LogP contribution in [0.2, 0.25) is 0 Å². The fraction of sp³-hybridized carbons (Fsp3) is 0.370. The lowest BCUT2D eigenvalue weighted by Gasteiger charge is -2.33. The molecule has 6 rings (SSSR count). The minimum atomic E-state index is -0.590. The number of aliphatic hydroxyl groups excluding tert-OH is 1. The smallest absolute Gasteiger partial charge is 0.263 e. The minimum Gasteiger partial charge on any atom is -0.490 e. The molecular formula is C27H28N2O6. The van der Waals surface area contributed by atoms with Crippen molar-refractivity contribution in [2.75, 3.05) is 33.0 Å². The lowest BCUT2D eigenvalue weighted by atomic mass is 9.89. The molecule has 1 atom stereocenters. The van der Waals surface area contributed by atoms with E-state index < -0.39 is 6.10 Å². The quantitative estimate of drug-likeness (QED) is 0.409. The van der Waals surface area contributed by atoms with Crippen molar-refractivity contribution in [1.82, 2.24) is 9.88 Å². The largest absolute Gasteiger partial charge is 0.490 e. The second kappa shape index (κ2) is 9.28. The Bertz CT molecular complexity index is 1320. The maximum atomic E-state index is 10.7. The van der Waals surface area contributed by atoms with E-state index in [-0.39, 0.29) is 6.61 Å². The highest BCUT2D eigenvalue weighted by Gasteiger charge is 2.24. The average Bonchev–Trinajstić information content (AvgIpc) is 3.62. The molecule has 4 heterocycles. The molecule has 0 spiro atoms. The van der Waals surface area contributed by atoms with Crippen LogP contribution in [-0.2, 0) is 0 Å². The summed E-state index contributed by atoms with van der Waals surface area (Å²) in [6, 6.07) is 13.7. The van der Waals surface area contributed by atoms with Gasteiger partial charge in [0.05, 0.1) is 11.6 Å². The molecule has 1 saturated heterocycles. The van der Waals surface area contributed by atoms with Gasteiger partial charge in [0.15, 0.2) is 17.3 Å². The van der Waals surface area contributed by atoms with Crippen molar-refractivity contribution >= 4 is 11.0 Å². The van der Waals surface area contributed by atoms with Gasteiger partial charge in [0, 0.05) is 12.6 Å². The Kier molecular flexibility index (Phi) is 5.83. The molecule has 0 aliphatic carbocycles. The van der Waals surface area contributed by atoms with Crippen molar-refractivity contribution in [2.45, 2.75) is 31.8 Å². The summed E-state index contributed by atoms with van der Waals surface area (Å²) in [6.45, 7) is 4.80. The molecule has 2 aromatic carbocycles. The van der Waals surface area contributed by atoms with Gasteiger partial charge in [-0.3, -0.25) is 0 Å². The van der Waals surface area contributed by atoms with Crippen LogP contribution >= 0.6 is 0 Å². The first kappa shape index (κ1) is 22.0. The number of hydrogen-bond acceptors (Lipinski definition) is 8. The van der Waals surface area contributed by atoms with Crippen molar-refractivity contribution < 1.29 is 28.2 Å². The zero-order chi connectivity index (χ0) is 23.8. The van der Waals surface area contributed by atoms with Gasteiger partial charge in [-0.15, -0.1) is 0 Å². The molecule has 2 aliphatic rings. The molecular weight excluding hydrogens is 448 g/mol. The van der Waals surface area contributed by atoms with Crippen LogP contribution in [0.15, 0.2) is 57.5 Å². The number of aromatic nitrogens is 1. The number of likely N-dealkylation sites (tertiary alicyclic amines) is 1. The predicted octanol–water partition coefficient (Wildman–Crippen LogP) is 4.74. The second-order valence-electron chi connectivity index (χ2n) is 9.21. The number of aliphatic hydroxyl groups is 1. The number of rotatable bonds is 7. The number of benzene rings is 2. The van der Waals surface area contributed by atoms with E-state index in [4.69, 9.17) is 23.0 Å². The Morgan fingerprint density at radius 1 is 1.09 bits per heavy atom. The molecule has 0 radical (unpaired) electrons. The molecule has 182 valence electrons. The Morgan fingerprint density at radius 3 is 2.77 bits per heavy atom. The molecule has 0 unspecified atom stereocenters. The van der Waals surface area contributed by atoms with E-state index in [9.17, 15) is 5.11 Å². The van der Waals surface area contributed by atoms with Gasteiger partial charge in [-0.25, -0.2) is 4.98 Å². The average molecular weight is 477 g/mol. The normalized spacial score (nSPS) is 17.2. The molecule has 2 aliphatic heterocycles. The molecule has 2 aromatic heterocycles. The standard InChI is InChI=1S/C27H28N2O6/c1-17-13-28-27(34-17)26-12-21-22(3-2-4-23(21)35-26)31-15-20(30)14-29-9-7-18(8-10-29)19-5-6-24-25(11-19)33-16-32-24/h2-6,11-13,18,20,30H,7-10,14-16H2,1H3/t20-/m0/s1. The Hall–Kier alpha value is -3.49. The Balaban J connectivity index is 1.03. The first-order valence-corrected chi connectivity index (χ1v) is 12.0. The third-order valence-electron chi connectivity index (χ3n) is 6.71. The highest BCUT2D eigenvalue weighted by Crippen LogP contribution is 2.37. The topological polar surface area (TPSA) is 90.3 Å². The van der Waals surface area contributed by atoms with E-state index in [0.717, 1.165) is 48.6 Å². The monoisotopic (exact) mass is 476 g/mol. The maximum Gasteiger partial charge on any atom is 0.263 e. The van der Waals surface area contributed by atoms with Gasteiger partial charge in [0.2, 0.25) is 6.79 Å². The number of furan rings is 1. The molecule has 1 fully saturated rings. The third kappa shape index (κ3) is 4.59. The van der Waals surface area contributed by atoms with E-state index in [2.05, 4.69) is 22.0 Å². The zero-order valence-electron chi connectivity index (χ0n) is 19.6. The van der Waals surface area contributed by atoms with Gasteiger partial charge in [-0.1, -0.05) is 12.1 Å². The van der Waals surface area contributed by atoms with Crippen molar-refractivity contribution in [3.63, 3.8) is 0 Å². The molecule has 0 bridgehead atoms. The number of β-amino-alcohol motifs (C(OH)–C–C–N with tert-alkyl or cyclic N) is 1. The van der Waals surface area contributed by atoms with Crippen LogP contribution in [0.1, 0.15) is 30.1 Å². The Morgan fingerprint density at radius 2 is 1.94 bits per heavy atom. The summed E-state index contributed by atoms with van der Waals surface area (Å²) >= 11 is 0.